The predicted molar refractivity (Wildman–Crippen MR) is 105 cm³/mol. The summed E-state index contributed by atoms with van der Waals surface area (Å²) in [6, 6.07) is 7.51. The SMILES string of the molecule is COc1ccc(C(=O)OCC(=O)c2ccc(CC(=O)N3CCOCC3)s2)c(O)c1. The van der Waals surface area contributed by atoms with Gasteiger partial charge in [0.25, 0.3) is 0 Å². The highest BCUT2D eigenvalue weighted by Gasteiger charge is 2.20. The summed E-state index contributed by atoms with van der Waals surface area (Å²) >= 11 is 1.20. The molecule has 0 bridgehead atoms. The lowest BCUT2D eigenvalue weighted by Crippen LogP contribution is -2.41. The Labute approximate surface area is 171 Å². The first-order valence-corrected chi connectivity index (χ1v) is 9.81. The Morgan fingerprint density at radius 1 is 1.17 bits per heavy atom. The minimum Gasteiger partial charge on any atom is -0.507 e. The molecular formula is C20H21NO7S. The Morgan fingerprint density at radius 3 is 2.62 bits per heavy atom. The number of methoxy groups -OCH3 is 1. The van der Waals surface area contributed by atoms with Crippen LogP contribution in [0.3, 0.4) is 0 Å². The summed E-state index contributed by atoms with van der Waals surface area (Å²) in [6.45, 7) is 1.76. The molecule has 1 aliphatic heterocycles. The third-order valence-electron chi connectivity index (χ3n) is 4.38. The van der Waals surface area contributed by atoms with E-state index in [-0.39, 0.29) is 29.4 Å². The van der Waals surface area contributed by atoms with Gasteiger partial charge in [-0.2, -0.15) is 0 Å². The second-order valence-electron chi connectivity index (χ2n) is 6.32. The number of rotatable bonds is 7. The number of phenols is 1. The molecule has 3 rings (SSSR count). The number of hydrogen-bond acceptors (Lipinski definition) is 8. The Balaban J connectivity index is 1.53. The van der Waals surface area contributed by atoms with Crippen LogP contribution in [-0.4, -0.2) is 67.7 Å². The molecule has 1 fully saturated rings. The summed E-state index contributed by atoms with van der Waals surface area (Å²) in [5, 5.41) is 9.86. The van der Waals surface area contributed by atoms with Gasteiger partial charge in [-0.15, -0.1) is 11.3 Å². The van der Waals surface area contributed by atoms with Gasteiger partial charge in [-0.25, -0.2) is 4.79 Å². The number of morpholine rings is 1. The van der Waals surface area contributed by atoms with Gasteiger partial charge >= 0.3 is 5.97 Å². The van der Waals surface area contributed by atoms with E-state index in [9.17, 15) is 19.5 Å². The monoisotopic (exact) mass is 419 g/mol. The van der Waals surface area contributed by atoms with Crippen LogP contribution in [0.1, 0.15) is 24.9 Å². The summed E-state index contributed by atoms with van der Waals surface area (Å²) in [6.07, 6.45) is 0.220. The molecule has 1 saturated heterocycles. The molecule has 1 aliphatic rings. The molecule has 2 heterocycles. The smallest absolute Gasteiger partial charge is 0.342 e. The predicted octanol–water partition coefficient (Wildman–Crippen LogP) is 1.90. The highest BCUT2D eigenvalue weighted by atomic mass is 32.1. The van der Waals surface area contributed by atoms with E-state index in [0.717, 1.165) is 4.88 Å². The fraction of sp³-hybridized carbons (Fsp3) is 0.350. The maximum absolute atomic E-state index is 12.3. The van der Waals surface area contributed by atoms with Crippen molar-refractivity contribution in [2.75, 3.05) is 40.0 Å². The van der Waals surface area contributed by atoms with Crippen LogP contribution in [0.4, 0.5) is 0 Å². The van der Waals surface area contributed by atoms with Gasteiger partial charge in [0.15, 0.2) is 6.61 Å². The number of esters is 1. The molecule has 0 aliphatic carbocycles. The van der Waals surface area contributed by atoms with Gasteiger partial charge in [0, 0.05) is 24.0 Å². The first kappa shape index (κ1) is 20.8. The van der Waals surface area contributed by atoms with Crippen LogP contribution in [0.15, 0.2) is 30.3 Å². The standard InChI is InChI=1S/C20H21NO7S/c1-26-13-2-4-15(16(22)10-13)20(25)28-12-17(23)18-5-3-14(29-18)11-19(24)21-6-8-27-9-7-21/h2-5,10,22H,6-9,11-12H2,1H3. The summed E-state index contributed by atoms with van der Waals surface area (Å²) in [5.41, 5.74) is -0.0541. The lowest BCUT2D eigenvalue weighted by Gasteiger charge is -2.26. The molecule has 1 aromatic carbocycles. The third-order valence-corrected chi connectivity index (χ3v) is 5.51. The number of carbonyl (C=O) groups is 3. The Bertz CT molecular complexity index is 902. The summed E-state index contributed by atoms with van der Waals surface area (Å²) in [4.78, 5) is 39.6. The number of hydrogen-bond donors (Lipinski definition) is 1. The van der Waals surface area contributed by atoms with Crippen molar-refractivity contribution in [2.24, 2.45) is 0 Å². The minimum atomic E-state index is -0.808. The quantitative estimate of drug-likeness (QED) is 0.540. The molecule has 1 N–H and O–H groups in total. The first-order valence-electron chi connectivity index (χ1n) is 8.99. The van der Waals surface area contributed by atoms with E-state index in [1.54, 1.807) is 17.0 Å². The summed E-state index contributed by atoms with van der Waals surface area (Å²) in [5.74, 6) is -1.08. The van der Waals surface area contributed by atoms with E-state index in [1.807, 2.05) is 0 Å². The number of thiophene rings is 1. The molecule has 0 saturated carbocycles. The molecule has 8 nitrogen and oxygen atoms in total. The molecular weight excluding hydrogens is 398 g/mol. The second-order valence-corrected chi connectivity index (χ2v) is 7.49. The van der Waals surface area contributed by atoms with E-state index >= 15 is 0 Å². The zero-order valence-electron chi connectivity index (χ0n) is 15.9. The first-order chi connectivity index (χ1) is 14.0. The van der Waals surface area contributed by atoms with E-state index in [2.05, 4.69) is 0 Å². The van der Waals surface area contributed by atoms with Crippen molar-refractivity contribution >= 4 is 29.0 Å². The van der Waals surface area contributed by atoms with Crippen molar-refractivity contribution in [2.45, 2.75) is 6.42 Å². The average Bonchev–Trinajstić information content (AvgIpc) is 3.20. The molecule has 2 aromatic rings. The summed E-state index contributed by atoms with van der Waals surface area (Å²) in [7, 11) is 1.44. The van der Waals surface area contributed by atoms with Gasteiger partial charge in [-0.05, 0) is 24.3 Å². The lowest BCUT2D eigenvalue weighted by atomic mass is 10.2. The van der Waals surface area contributed by atoms with Gasteiger partial charge < -0.3 is 24.2 Å². The van der Waals surface area contributed by atoms with E-state index in [1.165, 1.54) is 36.6 Å². The lowest BCUT2D eigenvalue weighted by molar-refractivity contribution is -0.134. The maximum atomic E-state index is 12.3. The largest absolute Gasteiger partial charge is 0.507 e. The number of amides is 1. The number of benzene rings is 1. The topological polar surface area (TPSA) is 102 Å². The van der Waals surface area contributed by atoms with Crippen LogP contribution in [0, 0.1) is 0 Å². The summed E-state index contributed by atoms with van der Waals surface area (Å²) < 4.78 is 15.2. The van der Waals surface area contributed by atoms with Crippen molar-refractivity contribution in [1.29, 1.82) is 0 Å². The molecule has 9 heteroatoms. The number of ether oxygens (including phenoxy) is 3. The van der Waals surface area contributed by atoms with Crippen molar-refractivity contribution in [3.8, 4) is 11.5 Å². The highest BCUT2D eigenvalue weighted by Crippen LogP contribution is 2.24. The van der Waals surface area contributed by atoms with Crippen molar-refractivity contribution < 1.29 is 33.7 Å². The number of nitrogens with zero attached hydrogens (tertiary/aromatic N) is 1. The number of Topliss-reactive ketones (excluding diaryl/α,β-unsaturated/α-hetero) is 1. The molecule has 0 atom stereocenters. The molecule has 29 heavy (non-hydrogen) atoms. The van der Waals surface area contributed by atoms with Crippen molar-refractivity contribution in [1.82, 2.24) is 4.90 Å². The molecule has 0 unspecified atom stereocenters. The Morgan fingerprint density at radius 2 is 1.93 bits per heavy atom. The zero-order chi connectivity index (χ0) is 20.8. The normalized spacial score (nSPS) is 13.8. The van der Waals surface area contributed by atoms with Gasteiger partial charge in [0.05, 0.1) is 31.6 Å². The second kappa shape index (κ2) is 9.53. The highest BCUT2D eigenvalue weighted by molar-refractivity contribution is 7.14. The Hall–Kier alpha value is -2.91. The molecule has 0 spiro atoms. The van der Waals surface area contributed by atoms with Gasteiger partial charge in [-0.1, -0.05) is 0 Å². The number of aromatic hydroxyl groups is 1. The van der Waals surface area contributed by atoms with E-state index in [4.69, 9.17) is 14.2 Å². The van der Waals surface area contributed by atoms with Crippen LogP contribution >= 0.6 is 11.3 Å². The van der Waals surface area contributed by atoms with Gasteiger partial charge in [-0.3, -0.25) is 9.59 Å². The molecule has 154 valence electrons. The average molecular weight is 419 g/mol. The fourth-order valence-corrected chi connectivity index (χ4v) is 3.71. The molecule has 1 aromatic heterocycles. The maximum Gasteiger partial charge on any atom is 0.342 e. The number of ketones is 1. The number of phenolic OH excluding ortho intramolecular Hbond substituents is 1. The van der Waals surface area contributed by atoms with Crippen LogP contribution in [-0.2, 0) is 20.7 Å². The fourth-order valence-electron chi connectivity index (χ4n) is 2.79. The van der Waals surface area contributed by atoms with Crippen LogP contribution in [0.5, 0.6) is 11.5 Å². The third kappa shape index (κ3) is 5.33. The molecule has 0 radical (unpaired) electrons. The van der Waals surface area contributed by atoms with Crippen LogP contribution in [0.2, 0.25) is 0 Å². The Kier molecular flexibility index (Phi) is 6.84. The minimum absolute atomic E-state index is 0.00411. The zero-order valence-corrected chi connectivity index (χ0v) is 16.7. The van der Waals surface area contributed by atoms with Gasteiger partial charge in [0.1, 0.15) is 17.1 Å². The van der Waals surface area contributed by atoms with Crippen molar-refractivity contribution in [3.63, 3.8) is 0 Å². The number of carbonyl (C=O) groups excluding carboxylic acids is 3. The molecule has 1 amide bonds. The van der Waals surface area contributed by atoms with E-state index < -0.39 is 12.6 Å². The van der Waals surface area contributed by atoms with E-state index in [0.29, 0.717) is 36.9 Å². The van der Waals surface area contributed by atoms with Crippen LogP contribution in [0.25, 0.3) is 0 Å². The van der Waals surface area contributed by atoms with Crippen molar-refractivity contribution in [3.05, 3.63) is 45.6 Å². The van der Waals surface area contributed by atoms with Gasteiger partial charge in [0.2, 0.25) is 11.7 Å². The van der Waals surface area contributed by atoms with Crippen LogP contribution < -0.4 is 4.74 Å².